The first-order chi connectivity index (χ1) is 9.15. The minimum atomic E-state index is -0.484. The van der Waals surface area contributed by atoms with Crippen molar-refractivity contribution in [3.8, 4) is 0 Å². The Morgan fingerprint density at radius 3 is 2.63 bits per heavy atom. The molecule has 1 amide bonds. The molecule has 100 valence electrons. The van der Waals surface area contributed by atoms with Crippen molar-refractivity contribution in [3.05, 3.63) is 56.2 Å². The molecule has 0 saturated heterocycles. The zero-order chi connectivity index (χ0) is 13.7. The fraction of sp³-hybridized carbons (Fsp3) is 0.154. The van der Waals surface area contributed by atoms with Crippen LogP contribution in [0, 0.1) is 0 Å². The van der Waals surface area contributed by atoms with Crippen LogP contribution in [0.4, 0.5) is 4.79 Å². The van der Waals surface area contributed by atoms with Crippen LogP contribution in [0.25, 0.3) is 0 Å². The zero-order valence-electron chi connectivity index (χ0n) is 9.86. The quantitative estimate of drug-likeness (QED) is 0.903. The highest BCUT2D eigenvalue weighted by atomic mass is 35.5. The van der Waals surface area contributed by atoms with E-state index >= 15 is 0 Å². The maximum absolute atomic E-state index is 11.5. The Balaban J connectivity index is 1.77. The van der Waals surface area contributed by atoms with Crippen LogP contribution in [-0.4, -0.2) is 6.09 Å². The smallest absolute Gasteiger partial charge is 0.407 e. The van der Waals surface area contributed by atoms with E-state index in [1.54, 1.807) is 6.07 Å². The summed E-state index contributed by atoms with van der Waals surface area (Å²) < 4.78 is 6.25. The van der Waals surface area contributed by atoms with E-state index in [0.29, 0.717) is 15.2 Å². The van der Waals surface area contributed by atoms with Gasteiger partial charge in [-0.2, -0.15) is 0 Å². The van der Waals surface area contributed by atoms with Gasteiger partial charge < -0.3 is 10.1 Å². The second-order valence-electron chi connectivity index (χ2n) is 3.76. The summed E-state index contributed by atoms with van der Waals surface area (Å²) in [5, 5.41) is 2.63. The molecule has 6 heteroatoms. The van der Waals surface area contributed by atoms with Gasteiger partial charge in [0.2, 0.25) is 0 Å². The lowest BCUT2D eigenvalue weighted by molar-refractivity contribution is 0.139. The molecule has 0 atom stereocenters. The molecule has 1 heterocycles. The molecule has 0 spiro atoms. The summed E-state index contributed by atoms with van der Waals surface area (Å²) in [5.41, 5.74) is 1.72. The van der Waals surface area contributed by atoms with Gasteiger partial charge in [0.15, 0.2) is 0 Å². The van der Waals surface area contributed by atoms with Crippen molar-refractivity contribution >= 4 is 40.6 Å². The Morgan fingerprint density at radius 2 is 2.00 bits per heavy atom. The topological polar surface area (TPSA) is 38.3 Å². The summed E-state index contributed by atoms with van der Waals surface area (Å²) in [6.45, 7) is 0.542. The molecule has 0 aliphatic carbocycles. The Bertz CT molecular complexity index is 557. The highest BCUT2D eigenvalue weighted by molar-refractivity contribution is 7.20. The predicted molar refractivity (Wildman–Crippen MR) is 77.8 cm³/mol. The summed E-state index contributed by atoms with van der Waals surface area (Å²) >= 11 is 13.0. The van der Waals surface area contributed by atoms with E-state index in [0.717, 1.165) is 11.1 Å². The summed E-state index contributed by atoms with van der Waals surface area (Å²) in [4.78, 5) is 11.5. The molecule has 19 heavy (non-hydrogen) atoms. The maximum Gasteiger partial charge on any atom is 0.407 e. The minimum Gasteiger partial charge on any atom is -0.445 e. The third-order valence-electron chi connectivity index (χ3n) is 2.36. The monoisotopic (exact) mass is 315 g/mol. The van der Waals surface area contributed by atoms with E-state index in [9.17, 15) is 4.79 Å². The molecular weight excluding hydrogens is 305 g/mol. The molecule has 0 aliphatic heterocycles. The number of thiophene rings is 1. The van der Waals surface area contributed by atoms with Crippen molar-refractivity contribution < 1.29 is 9.53 Å². The standard InChI is InChI=1S/C13H11Cl2NO2S/c14-11-6-10(12(15)19-11)7-16-13(17)18-8-9-4-2-1-3-5-9/h1-6H,7-8H2,(H,16,17). The van der Waals surface area contributed by atoms with Crippen LogP contribution in [0.5, 0.6) is 0 Å². The largest absolute Gasteiger partial charge is 0.445 e. The number of carbonyl (C=O) groups excluding carboxylic acids is 1. The van der Waals surface area contributed by atoms with Gasteiger partial charge in [-0.3, -0.25) is 0 Å². The van der Waals surface area contributed by atoms with Crippen LogP contribution in [0.15, 0.2) is 36.4 Å². The van der Waals surface area contributed by atoms with Crippen LogP contribution >= 0.6 is 34.5 Å². The summed E-state index contributed by atoms with van der Waals surface area (Å²) in [6.07, 6.45) is -0.484. The molecule has 0 unspecified atom stereocenters. The SMILES string of the molecule is O=C(NCc1cc(Cl)sc1Cl)OCc1ccccc1. The Labute approximate surface area is 125 Å². The predicted octanol–water partition coefficient (Wildman–Crippen LogP) is 4.48. The Kier molecular flexibility index (Phi) is 5.07. The van der Waals surface area contributed by atoms with Crippen molar-refractivity contribution in [1.82, 2.24) is 5.32 Å². The van der Waals surface area contributed by atoms with Crippen molar-refractivity contribution in [1.29, 1.82) is 0 Å². The molecule has 1 aromatic carbocycles. The lowest BCUT2D eigenvalue weighted by atomic mass is 10.2. The Hall–Kier alpha value is -1.23. The minimum absolute atomic E-state index is 0.241. The van der Waals surface area contributed by atoms with Gasteiger partial charge in [-0.05, 0) is 11.6 Å². The molecule has 0 bridgehead atoms. The summed E-state index contributed by atoms with van der Waals surface area (Å²) in [6, 6.07) is 11.2. The van der Waals surface area contributed by atoms with E-state index in [-0.39, 0.29) is 6.61 Å². The van der Waals surface area contributed by atoms with Crippen molar-refractivity contribution in [2.24, 2.45) is 0 Å². The molecular formula is C13H11Cl2NO2S. The van der Waals surface area contributed by atoms with E-state index in [4.69, 9.17) is 27.9 Å². The maximum atomic E-state index is 11.5. The van der Waals surface area contributed by atoms with Crippen LogP contribution in [0.3, 0.4) is 0 Å². The van der Waals surface area contributed by atoms with Gasteiger partial charge in [-0.1, -0.05) is 53.5 Å². The van der Waals surface area contributed by atoms with Crippen LogP contribution in [-0.2, 0) is 17.9 Å². The van der Waals surface area contributed by atoms with Crippen LogP contribution in [0.2, 0.25) is 8.67 Å². The molecule has 2 aromatic rings. The number of alkyl carbamates (subject to hydrolysis) is 1. The van der Waals surface area contributed by atoms with E-state index in [1.807, 2.05) is 30.3 Å². The average Bonchev–Trinajstić information content (AvgIpc) is 2.73. The number of amides is 1. The van der Waals surface area contributed by atoms with Gasteiger partial charge in [-0.15, -0.1) is 11.3 Å². The van der Waals surface area contributed by atoms with Gasteiger partial charge in [0.05, 0.1) is 8.67 Å². The number of nitrogens with one attached hydrogen (secondary N) is 1. The molecule has 1 aromatic heterocycles. The molecule has 0 radical (unpaired) electrons. The second kappa shape index (κ2) is 6.80. The third-order valence-corrected chi connectivity index (χ3v) is 3.93. The first-order valence-corrected chi connectivity index (χ1v) is 7.10. The summed E-state index contributed by atoms with van der Waals surface area (Å²) in [7, 11) is 0. The molecule has 2 rings (SSSR count). The number of hydrogen-bond donors (Lipinski definition) is 1. The summed E-state index contributed by atoms with van der Waals surface area (Å²) in [5.74, 6) is 0. The van der Waals surface area contributed by atoms with Crippen LogP contribution < -0.4 is 5.32 Å². The number of benzene rings is 1. The number of ether oxygens (including phenoxy) is 1. The normalized spacial score (nSPS) is 10.2. The van der Waals surface area contributed by atoms with Crippen molar-refractivity contribution in [2.45, 2.75) is 13.2 Å². The zero-order valence-corrected chi connectivity index (χ0v) is 12.2. The number of hydrogen-bond acceptors (Lipinski definition) is 3. The lowest BCUT2D eigenvalue weighted by Gasteiger charge is -2.06. The fourth-order valence-electron chi connectivity index (χ4n) is 1.44. The van der Waals surface area contributed by atoms with E-state index in [2.05, 4.69) is 5.32 Å². The first kappa shape index (κ1) is 14.2. The van der Waals surface area contributed by atoms with Gasteiger partial charge in [-0.25, -0.2) is 4.79 Å². The fourth-order valence-corrected chi connectivity index (χ4v) is 2.92. The van der Waals surface area contributed by atoms with E-state index in [1.165, 1.54) is 11.3 Å². The number of rotatable bonds is 4. The van der Waals surface area contributed by atoms with Gasteiger partial charge in [0, 0.05) is 12.1 Å². The molecule has 0 fully saturated rings. The van der Waals surface area contributed by atoms with Gasteiger partial charge in [0.1, 0.15) is 6.61 Å². The van der Waals surface area contributed by atoms with Gasteiger partial charge >= 0.3 is 6.09 Å². The van der Waals surface area contributed by atoms with Crippen molar-refractivity contribution in [3.63, 3.8) is 0 Å². The lowest BCUT2D eigenvalue weighted by Crippen LogP contribution is -2.23. The molecule has 3 nitrogen and oxygen atoms in total. The van der Waals surface area contributed by atoms with E-state index < -0.39 is 6.09 Å². The molecule has 1 N–H and O–H groups in total. The van der Waals surface area contributed by atoms with Crippen molar-refractivity contribution in [2.75, 3.05) is 0 Å². The molecule has 0 aliphatic rings. The highest BCUT2D eigenvalue weighted by Gasteiger charge is 2.08. The Morgan fingerprint density at radius 1 is 1.26 bits per heavy atom. The highest BCUT2D eigenvalue weighted by Crippen LogP contribution is 2.30. The first-order valence-electron chi connectivity index (χ1n) is 5.53. The second-order valence-corrected chi connectivity index (χ2v) is 6.05. The van der Waals surface area contributed by atoms with Crippen LogP contribution in [0.1, 0.15) is 11.1 Å². The third kappa shape index (κ3) is 4.42. The number of halogens is 2. The van der Waals surface area contributed by atoms with Gasteiger partial charge in [0.25, 0.3) is 0 Å². The number of carbonyl (C=O) groups is 1. The average molecular weight is 316 g/mol. The molecule has 0 saturated carbocycles.